The van der Waals surface area contributed by atoms with E-state index in [1.54, 1.807) is 11.3 Å². The van der Waals surface area contributed by atoms with Gasteiger partial charge in [-0.25, -0.2) is 0 Å². The molecule has 2 heterocycles. The number of nitrogens with zero attached hydrogens (tertiary/aromatic N) is 1. The van der Waals surface area contributed by atoms with Crippen molar-refractivity contribution in [1.29, 1.82) is 0 Å². The van der Waals surface area contributed by atoms with Gasteiger partial charge >= 0.3 is 0 Å². The Morgan fingerprint density at radius 3 is 2.88 bits per heavy atom. The first-order chi connectivity index (χ1) is 11.8. The van der Waals surface area contributed by atoms with E-state index in [0.29, 0.717) is 12.5 Å². The quantitative estimate of drug-likeness (QED) is 0.829. The zero-order chi connectivity index (χ0) is 16.6. The Morgan fingerprint density at radius 2 is 2.08 bits per heavy atom. The first-order valence-electron chi connectivity index (χ1n) is 8.87. The van der Waals surface area contributed by atoms with Gasteiger partial charge < -0.3 is 5.32 Å². The number of benzene rings is 1. The summed E-state index contributed by atoms with van der Waals surface area (Å²) in [4.78, 5) is 16.0. The molecule has 0 aliphatic carbocycles. The van der Waals surface area contributed by atoms with Crippen LogP contribution in [-0.2, 0) is 17.8 Å². The fourth-order valence-electron chi connectivity index (χ4n) is 3.34. The zero-order valence-corrected chi connectivity index (χ0v) is 14.9. The number of nitrogens with one attached hydrogen (secondary N) is 1. The molecule has 128 valence electrons. The molecule has 1 unspecified atom stereocenters. The van der Waals surface area contributed by atoms with Crippen LogP contribution in [0.25, 0.3) is 0 Å². The highest BCUT2D eigenvalue weighted by molar-refractivity contribution is 7.09. The largest absolute Gasteiger partial charge is 0.352 e. The number of piperidine rings is 1. The summed E-state index contributed by atoms with van der Waals surface area (Å²) in [7, 11) is 0. The summed E-state index contributed by atoms with van der Waals surface area (Å²) in [5.41, 5.74) is 1.35. The normalized spacial score (nSPS) is 18.4. The van der Waals surface area contributed by atoms with Crippen molar-refractivity contribution in [2.75, 3.05) is 13.1 Å². The van der Waals surface area contributed by atoms with Crippen LogP contribution in [0.1, 0.15) is 36.1 Å². The molecule has 1 fully saturated rings. The highest BCUT2D eigenvalue weighted by Gasteiger charge is 2.21. The average Bonchev–Trinajstić information content (AvgIpc) is 3.09. The Bertz CT molecular complexity index is 612. The Balaban J connectivity index is 1.39. The maximum absolute atomic E-state index is 12.2. The summed E-state index contributed by atoms with van der Waals surface area (Å²) < 4.78 is 0. The summed E-state index contributed by atoms with van der Waals surface area (Å²) >= 11 is 1.77. The molecule has 3 nitrogen and oxygen atoms in total. The van der Waals surface area contributed by atoms with Crippen molar-refractivity contribution >= 4 is 17.2 Å². The van der Waals surface area contributed by atoms with Gasteiger partial charge in [0.25, 0.3) is 0 Å². The number of carbonyl (C=O) groups is 1. The summed E-state index contributed by atoms with van der Waals surface area (Å²) in [6.07, 6.45) is 4.84. The van der Waals surface area contributed by atoms with Gasteiger partial charge in [-0.1, -0.05) is 36.4 Å². The molecule has 1 aliphatic rings. The molecule has 0 bridgehead atoms. The second-order valence-electron chi connectivity index (χ2n) is 6.56. The molecule has 1 amide bonds. The monoisotopic (exact) mass is 342 g/mol. The third kappa shape index (κ3) is 5.46. The molecule has 1 atom stereocenters. The molecule has 24 heavy (non-hydrogen) atoms. The highest BCUT2D eigenvalue weighted by Crippen LogP contribution is 2.15. The van der Waals surface area contributed by atoms with E-state index in [1.165, 1.54) is 10.4 Å². The second-order valence-corrected chi connectivity index (χ2v) is 7.59. The number of hydrogen-bond donors (Lipinski definition) is 1. The Hall–Kier alpha value is -1.65. The van der Waals surface area contributed by atoms with Crippen molar-refractivity contribution < 1.29 is 4.79 Å². The Kier molecular flexibility index (Phi) is 6.44. The van der Waals surface area contributed by atoms with Crippen molar-refractivity contribution in [2.45, 2.75) is 44.7 Å². The molecule has 1 saturated heterocycles. The van der Waals surface area contributed by atoms with Crippen LogP contribution in [-0.4, -0.2) is 29.9 Å². The van der Waals surface area contributed by atoms with Gasteiger partial charge in [-0.3, -0.25) is 9.69 Å². The van der Waals surface area contributed by atoms with Gasteiger partial charge in [-0.15, -0.1) is 11.3 Å². The van der Waals surface area contributed by atoms with Crippen LogP contribution in [0, 0.1) is 0 Å². The highest BCUT2D eigenvalue weighted by atomic mass is 32.1. The van der Waals surface area contributed by atoms with E-state index >= 15 is 0 Å². The summed E-state index contributed by atoms with van der Waals surface area (Å²) in [5.74, 6) is 0.207. The molecule has 0 saturated carbocycles. The standard InChI is InChI=1S/C20H26N2OS/c23-20(12-4-10-19-11-6-14-24-19)21-18-9-5-13-22(16-18)15-17-7-2-1-3-8-17/h1-3,6-8,11,14,18H,4-5,9-10,12-13,15-16H2,(H,21,23). The smallest absolute Gasteiger partial charge is 0.220 e. The van der Waals surface area contributed by atoms with Crippen LogP contribution < -0.4 is 5.32 Å². The van der Waals surface area contributed by atoms with Gasteiger partial charge in [-0.2, -0.15) is 0 Å². The van der Waals surface area contributed by atoms with Crippen LogP contribution >= 0.6 is 11.3 Å². The third-order valence-electron chi connectivity index (χ3n) is 4.53. The number of carbonyl (C=O) groups excluding carboxylic acids is 1. The lowest BCUT2D eigenvalue weighted by Crippen LogP contribution is -2.47. The van der Waals surface area contributed by atoms with Gasteiger partial charge in [0.15, 0.2) is 0 Å². The average molecular weight is 343 g/mol. The van der Waals surface area contributed by atoms with Crippen molar-refractivity contribution in [1.82, 2.24) is 10.2 Å². The van der Waals surface area contributed by atoms with Crippen LogP contribution in [0.5, 0.6) is 0 Å². The summed E-state index contributed by atoms with van der Waals surface area (Å²) in [6.45, 7) is 3.07. The summed E-state index contributed by atoms with van der Waals surface area (Å²) in [6, 6.07) is 15.1. The van der Waals surface area contributed by atoms with Crippen LogP contribution in [0.3, 0.4) is 0 Å². The number of hydrogen-bond acceptors (Lipinski definition) is 3. The number of thiophene rings is 1. The molecule has 1 aromatic carbocycles. The van der Waals surface area contributed by atoms with E-state index in [2.05, 4.69) is 58.1 Å². The van der Waals surface area contributed by atoms with Crippen molar-refractivity contribution in [3.63, 3.8) is 0 Å². The number of aryl methyl sites for hydroxylation is 1. The van der Waals surface area contributed by atoms with Crippen LogP contribution in [0.4, 0.5) is 0 Å². The molecule has 2 aromatic rings. The summed E-state index contributed by atoms with van der Waals surface area (Å²) in [5, 5.41) is 5.33. The molecular weight excluding hydrogens is 316 g/mol. The van der Waals surface area contributed by atoms with E-state index in [1.807, 2.05) is 0 Å². The Morgan fingerprint density at radius 1 is 1.21 bits per heavy atom. The molecule has 0 radical (unpaired) electrons. The minimum Gasteiger partial charge on any atom is -0.352 e. The molecule has 1 aliphatic heterocycles. The number of likely N-dealkylation sites (tertiary alicyclic amines) is 1. The van der Waals surface area contributed by atoms with E-state index in [-0.39, 0.29) is 5.91 Å². The maximum atomic E-state index is 12.2. The van der Waals surface area contributed by atoms with E-state index < -0.39 is 0 Å². The lowest BCUT2D eigenvalue weighted by Gasteiger charge is -2.33. The van der Waals surface area contributed by atoms with Crippen molar-refractivity contribution in [3.8, 4) is 0 Å². The number of amides is 1. The van der Waals surface area contributed by atoms with E-state index in [0.717, 1.165) is 45.3 Å². The topological polar surface area (TPSA) is 32.3 Å². The van der Waals surface area contributed by atoms with Gasteiger partial charge in [0.2, 0.25) is 5.91 Å². The molecule has 1 N–H and O–H groups in total. The molecule has 3 rings (SSSR count). The van der Waals surface area contributed by atoms with Crippen LogP contribution in [0.15, 0.2) is 47.8 Å². The fraction of sp³-hybridized carbons (Fsp3) is 0.450. The SMILES string of the molecule is O=C(CCCc1cccs1)NC1CCCN(Cc2ccccc2)C1. The van der Waals surface area contributed by atoms with Gasteiger partial charge in [0.05, 0.1) is 0 Å². The Labute approximate surface area is 148 Å². The minimum atomic E-state index is 0.207. The predicted octanol–water partition coefficient (Wildman–Crippen LogP) is 3.85. The van der Waals surface area contributed by atoms with Gasteiger partial charge in [0.1, 0.15) is 0 Å². The zero-order valence-electron chi connectivity index (χ0n) is 14.1. The minimum absolute atomic E-state index is 0.207. The molecule has 0 spiro atoms. The predicted molar refractivity (Wildman–Crippen MR) is 100 cm³/mol. The van der Waals surface area contributed by atoms with Gasteiger partial charge in [0, 0.05) is 30.4 Å². The lowest BCUT2D eigenvalue weighted by atomic mass is 10.0. The first kappa shape index (κ1) is 17.2. The van der Waals surface area contributed by atoms with Crippen molar-refractivity contribution in [3.05, 3.63) is 58.3 Å². The van der Waals surface area contributed by atoms with Crippen LogP contribution in [0.2, 0.25) is 0 Å². The molecule has 4 heteroatoms. The molecular formula is C20H26N2OS. The number of rotatable bonds is 7. The third-order valence-corrected chi connectivity index (χ3v) is 5.46. The lowest BCUT2D eigenvalue weighted by molar-refractivity contribution is -0.122. The first-order valence-corrected chi connectivity index (χ1v) is 9.75. The second kappa shape index (κ2) is 9.00. The van der Waals surface area contributed by atoms with Gasteiger partial charge in [-0.05, 0) is 49.2 Å². The maximum Gasteiger partial charge on any atom is 0.220 e. The van der Waals surface area contributed by atoms with E-state index in [9.17, 15) is 4.79 Å². The fourth-order valence-corrected chi connectivity index (χ4v) is 4.09. The molecule has 1 aromatic heterocycles. The van der Waals surface area contributed by atoms with Crippen molar-refractivity contribution in [2.24, 2.45) is 0 Å². The van der Waals surface area contributed by atoms with E-state index in [4.69, 9.17) is 0 Å².